The summed E-state index contributed by atoms with van der Waals surface area (Å²) in [6, 6.07) is 103. The molecule has 0 aliphatic heterocycles. The summed E-state index contributed by atoms with van der Waals surface area (Å²) in [4.78, 5) is 30.8. The van der Waals surface area contributed by atoms with Gasteiger partial charge >= 0.3 is 24.7 Å². The van der Waals surface area contributed by atoms with Crippen molar-refractivity contribution in [3.8, 4) is 136 Å². The van der Waals surface area contributed by atoms with Gasteiger partial charge in [-0.25, -0.2) is 29.9 Å². The van der Waals surface area contributed by atoms with E-state index in [-0.39, 0.29) is 108 Å². The molecule has 22 heteroatoms. The minimum Gasteiger partial charge on any atom is -0.309 e. The average Bonchev–Trinajstić information content (AvgIpc) is 1.53. The van der Waals surface area contributed by atoms with Gasteiger partial charge in [0, 0.05) is 82.4 Å². The standard InChI is InChI=1S/C122H78F12N10/c1-69-27-11-15-35-81(69)75-48-54-105-93(59-75)86-40-20-24-44-102(86)141(105)107-56-50-78(119(123,124)125)62-96(107)115-137-114(74-33-9-6-10-34-74)138-118(140-115)99-66-100(122(132,133)134)92(68-112(99)142-103-45-25-21-41-87(103)94-60-76(49-55-106(94)142)82-36-16-12-28-70(82)2)90-65-95-88-42-22-26-46-104(88)144(111(95)67-91(90)84-38-18-14-30-72(84)4)109-58-52-80(121(129,130)131)64-98(109)117-136-113(73-31-7-5-8-32-73)135-116(139-117)97-63-79(120(126,127)128)51-57-108(97)143-101-43-23-19-39-85(101)89-53-47-77(61-110(89)143)83-37-17-13-29-71(83)3/h5-68,70,82H,1-4H3. The molecule has 2 atom stereocenters. The largest absolute Gasteiger partial charge is 0.417 e. The fourth-order valence-corrected chi connectivity index (χ4v) is 21.1. The van der Waals surface area contributed by atoms with Crippen LogP contribution in [-0.4, -0.2) is 48.2 Å². The topological polar surface area (TPSA) is 97.1 Å². The predicted molar refractivity (Wildman–Crippen MR) is 549 cm³/mol. The summed E-state index contributed by atoms with van der Waals surface area (Å²) in [6.45, 7) is 7.92. The summed E-state index contributed by atoms with van der Waals surface area (Å²) in [6.07, 6.45) is -12.0. The minimum atomic E-state index is -5.30. The maximum atomic E-state index is 18.2. The minimum absolute atomic E-state index is 0.0122. The summed E-state index contributed by atoms with van der Waals surface area (Å²) >= 11 is 0. The third-order valence-corrected chi connectivity index (χ3v) is 28.0. The van der Waals surface area contributed by atoms with Gasteiger partial charge in [0.1, 0.15) is 0 Å². The summed E-state index contributed by atoms with van der Waals surface area (Å²) in [5.74, 6) is -1.67. The van der Waals surface area contributed by atoms with Crippen LogP contribution in [0.4, 0.5) is 52.7 Å². The number of nitrogens with zero attached hydrogens (tertiary/aromatic N) is 10. The Morgan fingerprint density at radius 2 is 0.556 bits per heavy atom. The molecule has 1 aliphatic rings. The lowest BCUT2D eigenvalue weighted by atomic mass is 9.84. The molecule has 0 N–H and O–H groups in total. The van der Waals surface area contributed by atoms with Gasteiger partial charge in [-0.15, -0.1) is 0 Å². The molecule has 1 aliphatic carbocycles. The van der Waals surface area contributed by atoms with E-state index in [2.05, 4.69) is 31.2 Å². The SMILES string of the molecule is Cc1ccccc1-c1ccc2c(c1)c1ccccc1n2-c1ccc(C(F)(F)F)cc1-c1nc(-c2ccccc2)nc(-c2cc(C(F)(F)F)c(-c3cc4c5ccccc5n(-c5ccc(C(F)(F)F)cc5-c5nc(-c6ccccc6)nc(-c6cc(C(F)(F)F)ccc6-n6c7ccccc7c7ccc(-c8ccccc8C)cc76)n5)c4cc3-c3ccccc3C)cc2-n2c3ccccc3c3cc(C4C=CC=CC4C)ccc32)n1. The van der Waals surface area contributed by atoms with Gasteiger partial charge in [0.05, 0.1) is 89.1 Å². The zero-order valence-electron chi connectivity index (χ0n) is 77.1. The number of hydrogen-bond acceptors (Lipinski definition) is 6. The monoisotopic (exact) mass is 1910 g/mol. The van der Waals surface area contributed by atoms with Crippen LogP contribution in [0.2, 0.25) is 0 Å². The second-order valence-corrected chi connectivity index (χ2v) is 36.6. The van der Waals surface area contributed by atoms with Crippen molar-refractivity contribution < 1.29 is 52.7 Å². The van der Waals surface area contributed by atoms with Crippen LogP contribution in [0.25, 0.3) is 223 Å². The van der Waals surface area contributed by atoms with Crippen LogP contribution in [0.3, 0.4) is 0 Å². The Morgan fingerprint density at radius 3 is 1.01 bits per heavy atom. The molecule has 10 nitrogen and oxygen atoms in total. The number of allylic oxidation sites excluding steroid dienone is 4. The molecule has 144 heavy (non-hydrogen) atoms. The van der Waals surface area contributed by atoms with Gasteiger partial charge in [-0.05, 0) is 227 Å². The lowest BCUT2D eigenvalue weighted by Gasteiger charge is -2.23. The van der Waals surface area contributed by atoms with E-state index in [0.29, 0.717) is 77.0 Å². The van der Waals surface area contributed by atoms with E-state index in [4.69, 9.17) is 29.9 Å². The Morgan fingerprint density at radius 1 is 0.215 bits per heavy atom. The van der Waals surface area contributed by atoms with E-state index in [1.165, 1.54) is 24.3 Å². The Balaban J connectivity index is 0.772. The molecule has 24 rings (SSSR count). The fraction of sp³-hybridized carbons (Fsp3) is 0.0820. The van der Waals surface area contributed by atoms with Gasteiger partial charge in [0.25, 0.3) is 0 Å². The third-order valence-electron chi connectivity index (χ3n) is 28.0. The summed E-state index contributed by atoms with van der Waals surface area (Å²) < 4.78 is 205. The number of aryl methyl sites for hydroxylation is 3. The van der Waals surface area contributed by atoms with Crippen LogP contribution in [0.5, 0.6) is 0 Å². The van der Waals surface area contributed by atoms with Crippen molar-refractivity contribution in [2.24, 2.45) is 5.92 Å². The summed E-state index contributed by atoms with van der Waals surface area (Å²) in [7, 11) is 0. The summed E-state index contributed by atoms with van der Waals surface area (Å²) in [5.41, 5.74) is 7.38. The number of halogens is 12. The van der Waals surface area contributed by atoms with Crippen molar-refractivity contribution in [2.45, 2.75) is 58.3 Å². The number of hydrogen-bond donors (Lipinski definition) is 0. The van der Waals surface area contributed by atoms with E-state index in [0.717, 1.165) is 108 Å². The maximum Gasteiger partial charge on any atom is 0.417 e. The fourth-order valence-electron chi connectivity index (χ4n) is 21.1. The highest BCUT2D eigenvalue weighted by atomic mass is 19.4. The quantitative estimate of drug-likeness (QED) is 0.0949. The van der Waals surface area contributed by atoms with Crippen molar-refractivity contribution in [3.05, 3.63) is 433 Å². The molecule has 0 saturated carbocycles. The van der Waals surface area contributed by atoms with Crippen LogP contribution >= 0.6 is 0 Å². The molecule has 2 unspecified atom stereocenters. The van der Waals surface area contributed by atoms with E-state index in [1.807, 2.05) is 216 Å². The van der Waals surface area contributed by atoms with Gasteiger partial charge in [-0.1, -0.05) is 262 Å². The van der Waals surface area contributed by atoms with Gasteiger partial charge in [0.15, 0.2) is 34.9 Å². The number of rotatable bonds is 15. The highest BCUT2D eigenvalue weighted by Crippen LogP contribution is 2.53. The molecule has 0 fully saturated rings. The summed E-state index contributed by atoms with van der Waals surface area (Å²) in [5, 5.41) is 5.23. The van der Waals surface area contributed by atoms with E-state index in [1.54, 1.807) is 120 Å². The number of fused-ring (bicyclic) bond motifs is 12. The molecule has 0 radical (unpaired) electrons. The zero-order valence-corrected chi connectivity index (χ0v) is 77.1. The molecule has 0 saturated heterocycles. The van der Waals surface area contributed by atoms with Crippen molar-refractivity contribution in [3.63, 3.8) is 0 Å². The highest BCUT2D eigenvalue weighted by Gasteiger charge is 2.41. The Kier molecular flexibility index (Phi) is 21.2. The molecular weight excluding hydrogens is 1830 g/mol. The van der Waals surface area contributed by atoms with Crippen LogP contribution < -0.4 is 0 Å². The van der Waals surface area contributed by atoms with Crippen molar-refractivity contribution in [1.82, 2.24) is 48.2 Å². The van der Waals surface area contributed by atoms with E-state index < -0.39 is 52.8 Å². The molecule has 23 aromatic rings. The molecule has 0 amide bonds. The molecule has 6 aromatic heterocycles. The van der Waals surface area contributed by atoms with E-state index >= 15 is 52.7 Å². The molecule has 700 valence electrons. The lowest BCUT2D eigenvalue weighted by Crippen LogP contribution is -2.12. The number of alkyl halides is 12. The second kappa shape index (κ2) is 34.3. The third kappa shape index (κ3) is 15.3. The first kappa shape index (κ1) is 89.2. The molecular formula is C122H78F12N10. The maximum absolute atomic E-state index is 18.2. The van der Waals surface area contributed by atoms with Crippen molar-refractivity contribution in [1.29, 1.82) is 0 Å². The Labute approximate surface area is 815 Å². The number of para-hydroxylation sites is 4. The van der Waals surface area contributed by atoms with Crippen LogP contribution in [-0.2, 0) is 24.7 Å². The number of aromatic nitrogens is 10. The first-order valence-electron chi connectivity index (χ1n) is 46.9. The Hall–Kier alpha value is -17.4. The molecule has 0 bridgehead atoms. The average molecular weight is 1910 g/mol. The normalized spacial score (nSPS) is 13.8. The van der Waals surface area contributed by atoms with Crippen molar-refractivity contribution >= 4 is 87.2 Å². The first-order chi connectivity index (χ1) is 69.6. The Bertz CT molecular complexity index is 9300. The van der Waals surface area contributed by atoms with Crippen LogP contribution in [0.1, 0.15) is 57.3 Å². The molecule has 17 aromatic carbocycles. The molecule has 6 heterocycles. The predicted octanol–water partition coefficient (Wildman–Crippen LogP) is 34.0. The van der Waals surface area contributed by atoms with Crippen molar-refractivity contribution in [2.75, 3.05) is 0 Å². The first-order valence-corrected chi connectivity index (χ1v) is 46.9. The highest BCUT2D eigenvalue weighted by molar-refractivity contribution is 6.16. The zero-order chi connectivity index (χ0) is 98.7. The van der Waals surface area contributed by atoms with Crippen LogP contribution in [0, 0.1) is 26.7 Å². The number of benzene rings is 17. The van der Waals surface area contributed by atoms with Gasteiger partial charge in [-0.2, -0.15) is 52.7 Å². The lowest BCUT2D eigenvalue weighted by molar-refractivity contribution is -0.138. The van der Waals surface area contributed by atoms with Gasteiger partial charge in [-0.3, -0.25) is 0 Å². The molecule has 0 spiro atoms. The smallest absolute Gasteiger partial charge is 0.309 e. The van der Waals surface area contributed by atoms with Gasteiger partial charge < -0.3 is 18.3 Å². The second-order valence-electron chi connectivity index (χ2n) is 36.6. The van der Waals surface area contributed by atoms with Gasteiger partial charge in [0.2, 0.25) is 0 Å². The van der Waals surface area contributed by atoms with Crippen LogP contribution in [0.15, 0.2) is 388 Å². The van der Waals surface area contributed by atoms with E-state index in [9.17, 15) is 0 Å².